The maximum Gasteiger partial charge on any atom is 0.410 e. The molecule has 42 heavy (non-hydrogen) atoms. The number of hydrogen-bond acceptors (Lipinski definition) is 5. The van der Waals surface area contributed by atoms with Crippen LogP contribution in [0.25, 0.3) is 0 Å². The molecule has 1 spiro atoms. The van der Waals surface area contributed by atoms with E-state index < -0.39 is 5.60 Å². The van der Waals surface area contributed by atoms with Crippen molar-refractivity contribution in [1.82, 2.24) is 14.7 Å². The molecule has 2 amide bonds. The highest BCUT2D eigenvalue weighted by molar-refractivity contribution is 6.00. The molecule has 7 heteroatoms. The summed E-state index contributed by atoms with van der Waals surface area (Å²) in [5.41, 5.74) is 4.10. The Morgan fingerprint density at radius 2 is 1.71 bits per heavy atom. The highest BCUT2D eigenvalue weighted by Crippen LogP contribution is 2.35. The lowest BCUT2D eigenvalue weighted by Gasteiger charge is -2.37. The van der Waals surface area contributed by atoms with Crippen molar-refractivity contribution in [2.45, 2.75) is 64.0 Å². The molecule has 6 rings (SSSR count). The zero-order chi connectivity index (χ0) is 29.1. The van der Waals surface area contributed by atoms with E-state index in [0.29, 0.717) is 32.6 Å². The molecule has 1 aromatic rings. The molecule has 3 saturated heterocycles. The van der Waals surface area contributed by atoms with Crippen molar-refractivity contribution in [3.8, 4) is 0 Å². The van der Waals surface area contributed by atoms with Crippen molar-refractivity contribution < 1.29 is 19.1 Å². The first-order chi connectivity index (χ1) is 20.4. The Morgan fingerprint density at radius 1 is 0.952 bits per heavy atom. The van der Waals surface area contributed by atoms with Crippen LogP contribution in [0.15, 0.2) is 71.9 Å². The topological polar surface area (TPSA) is 70.2 Å². The fourth-order valence-corrected chi connectivity index (χ4v) is 6.96. The second kappa shape index (κ2) is 12.4. The van der Waals surface area contributed by atoms with Gasteiger partial charge >= 0.3 is 6.09 Å². The number of hydrogen-bond donors (Lipinski definition) is 0. The maximum atomic E-state index is 13.2. The number of carbonyl (C=O) groups is 3. The molecule has 3 fully saturated rings. The molecule has 0 bridgehead atoms. The molecular weight excluding hydrogens is 526 g/mol. The van der Waals surface area contributed by atoms with Crippen LogP contribution in [0.4, 0.5) is 4.79 Å². The smallest absolute Gasteiger partial charge is 0.410 e. The van der Waals surface area contributed by atoms with E-state index in [9.17, 15) is 14.4 Å². The zero-order valence-electron chi connectivity index (χ0n) is 24.8. The van der Waals surface area contributed by atoms with Crippen LogP contribution in [0.2, 0.25) is 0 Å². The van der Waals surface area contributed by atoms with Gasteiger partial charge in [0.15, 0.2) is 5.78 Å². The third-order valence-corrected chi connectivity index (χ3v) is 9.66. The van der Waals surface area contributed by atoms with Gasteiger partial charge in [0.05, 0.1) is 12.5 Å². The number of benzene rings is 1. The van der Waals surface area contributed by atoms with Crippen molar-refractivity contribution in [3.05, 3.63) is 83.0 Å². The Morgan fingerprint density at radius 3 is 2.38 bits per heavy atom. The molecule has 3 heterocycles. The maximum absolute atomic E-state index is 13.2. The van der Waals surface area contributed by atoms with Gasteiger partial charge in [0.1, 0.15) is 5.60 Å². The number of aryl methyl sites for hydroxylation is 1. The van der Waals surface area contributed by atoms with Gasteiger partial charge in [0.2, 0.25) is 5.91 Å². The monoisotopic (exact) mass is 569 g/mol. The molecule has 7 nitrogen and oxygen atoms in total. The van der Waals surface area contributed by atoms with E-state index in [1.165, 1.54) is 11.1 Å². The summed E-state index contributed by atoms with van der Waals surface area (Å²) in [7, 11) is 0. The van der Waals surface area contributed by atoms with Gasteiger partial charge in [-0.3, -0.25) is 19.4 Å². The summed E-state index contributed by atoms with van der Waals surface area (Å²) in [6.07, 6.45) is 17.7. The number of ketones is 1. The fraction of sp³-hybridized carbons (Fsp3) is 0.514. The Labute approximate surface area is 249 Å². The molecule has 2 aliphatic carbocycles. The summed E-state index contributed by atoms with van der Waals surface area (Å²) in [6.45, 7) is 7.28. The second-order valence-corrected chi connectivity index (χ2v) is 12.8. The number of Topliss-reactive ketones (excluding diaryl/α,β-unsaturated/α-hetero) is 1. The number of nitrogens with zero attached hydrogens (tertiary/aromatic N) is 3. The van der Waals surface area contributed by atoms with Gasteiger partial charge < -0.3 is 9.64 Å². The number of allylic oxidation sites excluding steroid dienone is 5. The number of ether oxygens (including phenoxy) is 1. The summed E-state index contributed by atoms with van der Waals surface area (Å²) >= 11 is 0. The number of rotatable bonds is 7. The van der Waals surface area contributed by atoms with Crippen LogP contribution in [0.5, 0.6) is 0 Å². The first kappa shape index (κ1) is 28.7. The van der Waals surface area contributed by atoms with Gasteiger partial charge in [-0.1, -0.05) is 66.3 Å². The lowest BCUT2D eigenvalue weighted by atomic mass is 9.86. The predicted molar refractivity (Wildman–Crippen MR) is 163 cm³/mol. The first-order valence-electron chi connectivity index (χ1n) is 15.7. The predicted octanol–water partition coefficient (Wildman–Crippen LogP) is 5.37. The molecule has 1 atom stereocenters. The zero-order valence-corrected chi connectivity index (χ0v) is 24.8. The summed E-state index contributed by atoms with van der Waals surface area (Å²) in [5.74, 6) is 0.208. The molecule has 222 valence electrons. The number of amides is 2. The van der Waals surface area contributed by atoms with Crippen molar-refractivity contribution in [2.24, 2.45) is 11.8 Å². The van der Waals surface area contributed by atoms with E-state index in [1.807, 2.05) is 28.0 Å². The first-order valence-corrected chi connectivity index (χ1v) is 15.7. The van der Waals surface area contributed by atoms with Crippen LogP contribution >= 0.6 is 0 Å². The summed E-state index contributed by atoms with van der Waals surface area (Å²) in [5, 5.41) is 0. The summed E-state index contributed by atoms with van der Waals surface area (Å²) < 4.78 is 5.98. The molecule has 1 unspecified atom stereocenters. The minimum Gasteiger partial charge on any atom is -0.441 e. The Bertz CT molecular complexity index is 1310. The van der Waals surface area contributed by atoms with Crippen LogP contribution in [-0.2, 0) is 20.9 Å². The lowest BCUT2D eigenvalue weighted by Crippen LogP contribution is -2.46. The quantitative estimate of drug-likeness (QED) is 0.442. The van der Waals surface area contributed by atoms with Gasteiger partial charge in [-0.25, -0.2) is 4.79 Å². The Kier molecular flexibility index (Phi) is 8.48. The average molecular weight is 570 g/mol. The molecular formula is C35H43N3O4. The van der Waals surface area contributed by atoms with E-state index in [2.05, 4.69) is 54.3 Å². The Hall–Kier alpha value is -3.45. The SMILES string of the molecule is Cc1ccc(CN2CCC3(CC2)CN(CC2=CCC(C(=O)N4CCC(C(=O)C5=CCCC=C5)CC4)C=C2)C(=O)O3)cc1. The van der Waals surface area contributed by atoms with Crippen molar-refractivity contribution in [1.29, 1.82) is 0 Å². The normalized spacial score (nSPS) is 24.5. The van der Waals surface area contributed by atoms with Gasteiger partial charge in [0.25, 0.3) is 0 Å². The van der Waals surface area contributed by atoms with Crippen molar-refractivity contribution in [2.75, 3.05) is 39.3 Å². The molecule has 0 radical (unpaired) electrons. The summed E-state index contributed by atoms with van der Waals surface area (Å²) in [4.78, 5) is 45.1. The molecule has 1 aromatic carbocycles. The van der Waals surface area contributed by atoms with Crippen LogP contribution in [0, 0.1) is 18.8 Å². The third-order valence-electron chi connectivity index (χ3n) is 9.66. The summed E-state index contributed by atoms with van der Waals surface area (Å²) in [6, 6.07) is 8.70. The van der Waals surface area contributed by atoms with Crippen LogP contribution in [0.1, 0.15) is 56.1 Å². The minimum absolute atomic E-state index is 0.0142. The van der Waals surface area contributed by atoms with Gasteiger partial charge in [-0.05, 0) is 50.2 Å². The average Bonchev–Trinajstić information content (AvgIpc) is 3.33. The molecule has 3 aliphatic heterocycles. The van der Waals surface area contributed by atoms with Crippen LogP contribution in [-0.4, -0.2) is 77.4 Å². The second-order valence-electron chi connectivity index (χ2n) is 12.8. The molecule has 0 N–H and O–H groups in total. The fourth-order valence-electron chi connectivity index (χ4n) is 6.96. The highest BCUT2D eigenvalue weighted by Gasteiger charge is 2.47. The van der Waals surface area contributed by atoms with E-state index in [-0.39, 0.29) is 29.6 Å². The van der Waals surface area contributed by atoms with Crippen molar-refractivity contribution in [3.63, 3.8) is 0 Å². The van der Waals surface area contributed by atoms with Crippen LogP contribution in [0.3, 0.4) is 0 Å². The molecule has 0 saturated carbocycles. The standard InChI is InChI=1S/C35H43N3O4/c1-26-7-9-27(10-8-26)23-36-21-17-35(18-22-36)25-38(34(41)42-35)24-28-11-13-31(14-12-28)33(40)37-19-15-30(16-20-37)32(39)29-5-3-2-4-6-29/h3,5-13,30-31H,2,4,14-25H2,1H3. The van der Waals surface area contributed by atoms with E-state index in [4.69, 9.17) is 4.74 Å². The number of piperidine rings is 2. The number of likely N-dealkylation sites (tertiary alicyclic amines) is 2. The van der Waals surface area contributed by atoms with Crippen LogP contribution < -0.4 is 0 Å². The Balaban J connectivity index is 0.947. The molecule has 5 aliphatic rings. The van der Waals surface area contributed by atoms with E-state index >= 15 is 0 Å². The van der Waals surface area contributed by atoms with Gasteiger partial charge in [-0.15, -0.1) is 0 Å². The van der Waals surface area contributed by atoms with E-state index in [0.717, 1.165) is 69.3 Å². The van der Waals surface area contributed by atoms with Crippen molar-refractivity contribution >= 4 is 17.8 Å². The number of carbonyl (C=O) groups excluding carboxylic acids is 3. The van der Waals surface area contributed by atoms with Gasteiger partial charge in [0, 0.05) is 63.6 Å². The van der Waals surface area contributed by atoms with Gasteiger partial charge in [-0.2, -0.15) is 0 Å². The third kappa shape index (κ3) is 6.46. The van der Waals surface area contributed by atoms with E-state index in [1.54, 1.807) is 0 Å². The lowest BCUT2D eigenvalue weighted by molar-refractivity contribution is -0.136. The minimum atomic E-state index is -0.393. The molecule has 0 aromatic heterocycles. The largest absolute Gasteiger partial charge is 0.441 e. The highest BCUT2D eigenvalue weighted by atomic mass is 16.6.